The van der Waals surface area contributed by atoms with E-state index in [0.717, 1.165) is 6.54 Å². The summed E-state index contributed by atoms with van der Waals surface area (Å²) in [7, 11) is 0. The summed E-state index contributed by atoms with van der Waals surface area (Å²) >= 11 is 0. The van der Waals surface area contributed by atoms with Crippen molar-refractivity contribution in [3.63, 3.8) is 0 Å². The molecule has 0 aromatic heterocycles. The van der Waals surface area contributed by atoms with Crippen molar-refractivity contribution in [1.82, 2.24) is 10.6 Å². The highest BCUT2D eigenvalue weighted by Gasteiger charge is 2.33. The maximum absolute atomic E-state index is 3.74. The van der Waals surface area contributed by atoms with Crippen LogP contribution in [-0.4, -0.2) is 23.7 Å². The van der Waals surface area contributed by atoms with Crippen LogP contribution in [0.2, 0.25) is 0 Å². The molecule has 2 heteroatoms. The largest absolute Gasteiger partial charge is 0.314 e. The second-order valence-electron chi connectivity index (χ2n) is 5.89. The van der Waals surface area contributed by atoms with Crippen molar-refractivity contribution in [2.24, 2.45) is 0 Å². The van der Waals surface area contributed by atoms with Gasteiger partial charge in [-0.15, -0.1) is 0 Å². The van der Waals surface area contributed by atoms with Crippen LogP contribution in [-0.2, 0) is 0 Å². The van der Waals surface area contributed by atoms with Crippen LogP contribution in [0.15, 0.2) is 0 Å². The Morgan fingerprint density at radius 3 is 2.43 bits per heavy atom. The SMILES string of the molecule is CCNC1CCC(C)(C)NC(C)(C)C1. The molecule has 1 fully saturated rings. The summed E-state index contributed by atoms with van der Waals surface area (Å²) in [5.41, 5.74) is 0.542. The van der Waals surface area contributed by atoms with Gasteiger partial charge in [0.25, 0.3) is 0 Å². The normalized spacial score (nSPS) is 31.1. The van der Waals surface area contributed by atoms with Gasteiger partial charge in [-0.2, -0.15) is 0 Å². The molecular weight excluding hydrogens is 172 g/mol. The van der Waals surface area contributed by atoms with E-state index in [9.17, 15) is 0 Å². The minimum absolute atomic E-state index is 0.257. The molecule has 1 unspecified atom stereocenters. The third-order valence-electron chi connectivity index (χ3n) is 3.04. The molecule has 1 atom stereocenters. The van der Waals surface area contributed by atoms with Gasteiger partial charge >= 0.3 is 0 Å². The van der Waals surface area contributed by atoms with Crippen LogP contribution >= 0.6 is 0 Å². The molecule has 1 rings (SSSR count). The van der Waals surface area contributed by atoms with Crippen molar-refractivity contribution >= 4 is 0 Å². The Kier molecular flexibility index (Phi) is 3.59. The molecule has 0 saturated carbocycles. The van der Waals surface area contributed by atoms with E-state index in [1.807, 2.05) is 0 Å². The second kappa shape index (κ2) is 4.19. The summed E-state index contributed by atoms with van der Waals surface area (Å²) in [5.74, 6) is 0. The van der Waals surface area contributed by atoms with Crippen molar-refractivity contribution in [3.05, 3.63) is 0 Å². The highest BCUT2D eigenvalue weighted by atomic mass is 15.1. The Balaban J connectivity index is 2.64. The molecule has 2 N–H and O–H groups in total. The topological polar surface area (TPSA) is 24.1 Å². The third-order valence-corrected chi connectivity index (χ3v) is 3.04. The van der Waals surface area contributed by atoms with Crippen molar-refractivity contribution in [2.75, 3.05) is 6.54 Å². The fraction of sp³-hybridized carbons (Fsp3) is 1.00. The lowest BCUT2D eigenvalue weighted by Gasteiger charge is -2.34. The van der Waals surface area contributed by atoms with E-state index in [0.29, 0.717) is 6.04 Å². The molecule has 0 amide bonds. The molecule has 1 aliphatic rings. The molecule has 1 aliphatic heterocycles. The van der Waals surface area contributed by atoms with Crippen molar-refractivity contribution in [2.45, 2.75) is 71.0 Å². The molecule has 1 heterocycles. The molecule has 0 bridgehead atoms. The molecule has 0 aromatic carbocycles. The smallest absolute Gasteiger partial charge is 0.0144 e. The van der Waals surface area contributed by atoms with Crippen LogP contribution in [0.3, 0.4) is 0 Å². The van der Waals surface area contributed by atoms with Crippen LogP contribution in [0.1, 0.15) is 53.9 Å². The predicted octanol–water partition coefficient (Wildman–Crippen LogP) is 2.30. The minimum atomic E-state index is 0.257. The maximum atomic E-state index is 3.74. The Labute approximate surface area is 88.8 Å². The zero-order chi connectivity index (χ0) is 10.8. The first-order valence-corrected chi connectivity index (χ1v) is 5.87. The lowest BCUT2D eigenvalue weighted by atomic mass is 9.95. The summed E-state index contributed by atoms with van der Waals surface area (Å²) in [5, 5.41) is 7.32. The first-order chi connectivity index (χ1) is 6.35. The van der Waals surface area contributed by atoms with Gasteiger partial charge < -0.3 is 10.6 Å². The maximum Gasteiger partial charge on any atom is 0.0144 e. The van der Waals surface area contributed by atoms with Crippen molar-refractivity contribution in [1.29, 1.82) is 0 Å². The molecule has 0 radical (unpaired) electrons. The fourth-order valence-corrected chi connectivity index (χ4v) is 2.75. The Morgan fingerprint density at radius 2 is 1.86 bits per heavy atom. The summed E-state index contributed by atoms with van der Waals surface area (Å²) in [4.78, 5) is 0. The molecular formula is C12H26N2. The zero-order valence-corrected chi connectivity index (χ0v) is 10.4. The second-order valence-corrected chi connectivity index (χ2v) is 5.89. The average Bonchev–Trinajstić information content (AvgIpc) is 2.06. The lowest BCUT2D eigenvalue weighted by Crippen LogP contribution is -2.51. The molecule has 0 aromatic rings. The minimum Gasteiger partial charge on any atom is -0.314 e. The highest BCUT2D eigenvalue weighted by Crippen LogP contribution is 2.26. The molecule has 14 heavy (non-hydrogen) atoms. The van der Waals surface area contributed by atoms with Gasteiger partial charge in [-0.3, -0.25) is 0 Å². The zero-order valence-electron chi connectivity index (χ0n) is 10.4. The van der Waals surface area contributed by atoms with Crippen LogP contribution in [0.25, 0.3) is 0 Å². The van der Waals surface area contributed by atoms with Gasteiger partial charge in [0.15, 0.2) is 0 Å². The quantitative estimate of drug-likeness (QED) is 0.711. The number of rotatable bonds is 2. The Hall–Kier alpha value is -0.0800. The lowest BCUT2D eigenvalue weighted by molar-refractivity contribution is 0.264. The molecule has 2 nitrogen and oxygen atoms in total. The molecule has 1 saturated heterocycles. The van der Waals surface area contributed by atoms with Crippen molar-refractivity contribution in [3.8, 4) is 0 Å². The number of hydrogen-bond acceptors (Lipinski definition) is 2. The van der Waals surface area contributed by atoms with E-state index >= 15 is 0 Å². The van der Waals surface area contributed by atoms with E-state index in [4.69, 9.17) is 0 Å². The highest BCUT2D eigenvalue weighted by molar-refractivity contribution is 4.95. The third kappa shape index (κ3) is 3.58. The molecule has 84 valence electrons. The Morgan fingerprint density at radius 1 is 1.21 bits per heavy atom. The van der Waals surface area contributed by atoms with Crippen LogP contribution < -0.4 is 10.6 Å². The van der Waals surface area contributed by atoms with Gasteiger partial charge in [0.1, 0.15) is 0 Å². The summed E-state index contributed by atoms with van der Waals surface area (Å²) in [6.45, 7) is 12.5. The fourth-order valence-electron chi connectivity index (χ4n) is 2.75. The van der Waals surface area contributed by atoms with E-state index in [2.05, 4.69) is 45.3 Å². The van der Waals surface area contributed by atoms with Gasteiger partial charge in [0.05, 0.1) is 0 Å². The first-order valence-electron chi connectivity index (χ1n) is 5.87. The van der Waals surface area contributed by atoms with Crippen LogP contribution in [0.4, 0.5) is 0 Å². The van der Waals surface area contributed by atoms with E-state index in [-0.39, 0.29) is 11.1 Å². The Bertz CT molecular complexity index is 185. The van der Waals surface area contributed by atoms with Gasteiger partial charge in [-0.1, -0.05) is 6.92 Å². The first kappa shape index (κ1) is 12.0. The van der Waals surface area contributed by atoms with Gasteiger partial charge in [0, 0.05) is 17.1 Å². The standard InChI is InChI=1S/C12H26N2/c1-6-13-10-7-8-11(2,3)14-12(4,5)9-10/h10,13-14H,6-9H2,1-5H3. The summed E-state index contributed by atoms with van der Waals surface area (Å²) < 4.78 is 0. The summed E-state index contributed by atoms with van der Waals surface area (Å²) in [6.07, 6.45) is 3.77. The van der Waals surface area contributed by atoms with Gasteiger partial charge in [-0.05, 0) is 53.5 Å². The molecule has 0 spiro atoms. The summed E-state index contributed by atoms with van der Waals surface area (Å²) in [6, 6.07) is 0.685. The van der Waals surface area contributed by atoms with E-state index in [1.54, 1.807) is 0 Å². The monoisotopic (exact) mass is 198 g/mol. The van der Waals surface area contributed by atoms with E-state index in [1.165, 1.54) is 19.3 Å². The van der Waals surface area contributed by atoms with Crippen LogP contribution in [0.5, 0.6) is 0 Å². The van der Waals surface area contributed by atoms with E-state index < -0.39 is 0 Å². The average molecular weight is 198 g/mol. The van der Waals surface area contributed by atoms with Gasteiger partial charge in [-0.25, -0.2) is 0 Å². The number of hydrogen-bond donors (Lipinski definition) is 2. The number of nitrogens with one attached hydrogen (secondary N) is 2. The molecule has 0 aliphatic carbocycles. The van der Waals surface area contributed by atoms with Gasteiger partial charge in [0.2, 0.25) is 0 Å². The predicted molar refractivity (Wildman–Crippen MR) is 62.6 cm³/mol. The van der Waals surface area contributed by atoms with Crippen LogP contribution in [0, 0.1) is 0 Å². The van der Waals surface area contributed by atoms with Crippen molar-refractivity contribution < 1.29 is 0 Å².